The molecule has 0 bridgehead atoms. The third kappa shape index (κ3) is 3.33. The van der Waals surface area contributed by atoms with Crippen molar-refractivity contribution in [2.75, 3.05) is 5.32 Å². The Balaban J connectivity index is 2.26. The van der Waals surface area contributed by atoms with Gasteiger partial charge in [0.25, 0.3) is 5.91 Å². The van der Waals surface area contributed by atoms with Gasteiger partial charge in [0.15, 0.2) is 5.75 Å². The number of ether oxygens (including phenoxy) is 1. The summed E-state index contributed by atoms with van der Waals surface area (Å²) in [6.45, 7) is -1.44. The lowest BCUT2D eigenvalue weighted by molar-refractivity contribution is -0.0495. The molecule has 1 heterocycles. The third-order valence-electron chi connectivity index (χ3n) is 2.89. The third-order valence-corrected chi connectivity index (χ3v) is 2.89. The minimum Gasteiger partial charge on any atom is -0.432 e. The van der Waals surface area contributed by atoms with Gasteiger partial charge in [0.05, 0.1) is 17.4 Å². The molecule has 0 saturated heterocycles. The number of carbonyl (C=O) groups is 1. The van der Waals surface area contributed by atoms with Crippen LogP contribution in [-0.2, 0) is 7.05 Å². The minimum atomic E-state index is -3.12. The van der Waals surface area contributed by atoms with Crippen LogP contribution < -0.4 is 10.1 Å². The molecule has 0 atom stereocenters. The van der Waals surface area contributed by atoms with Crippen LogP contribution in [0.4, 0.5) is 18.9 Å². The summed E-state index contributed by atoms with van der Waals surface area (Å²) in [6.07, 6.45) is 1.35. The lowest BCUT2D eigenvalue weighted by atomic mass is 10.2. The molecule has 112 valence electrons. The van der Waals surface area contributed by atoms with Crippen LogP contribution in [0.25, 0.3) is 0 Å². The van der Waals surface area contributed by atoms with Crippen molar-refractivity contribution in [3.05, 3.63) is 41.5 Å². The van der Waals surface area contributed by atoms with E-state index in [0.29, 0.717) is 5.69 Å². The summed E-state index contributed by atoms with van der Waals surface area (Å²) < 4.78 is 43.3. The van der Waals surface area contributed by atoms with Gasteiger partial charge in [0.2, 0.25) is 0 Å². The highest BCUT2D eigenvalue weighted by Crippen LogP contribution is 2.27. The molecule has 1 amide bonds. The number of nitrogens with zero attached hydrogens (tertiary/aromatic N) is 2. The number of hydrogen-bond donors (Lipinski definition) is 1. The molecule has 2 rings (SSSR count). The van der Waals surface area contributed by atoms with Gasteiger partial charge in [-0.2, -0.15) is 13.9 Å². The van der Waals surface area contributed by atoms with Gasteiger partial charge in [-0.05, 0) is 19.1 Å². The summed E-state index contributed by atoms with van der Waals surface area (Å²) in [7, 11) is 1.66. The predicted molar refractivity (Wildman–Crippen MR) is 68.9 cm³/mol. The second-order valence-corrected chi connectivity index (χ2v) is 4.24. The molecule has 1 N–H and O–H groups in total. The van der Waals surface area contributed by atoms with Crippen LogP contribution in [0.3, 0.4) is 0 Å². The van der Waals surface area contributed by atoms with E-state index in [9.17, 15) is 18.0 Å². The molecular formula is C13H12F3N3O2. The molecule has 5 nitrogen and oxygen atoms in total. The van der Waals surface area contributed by atoms with Crippen LogP contribution in [0.2, 0.25) is 0 Å². The molecule has 0 unspecified atom stereocenters. The van der Waals surface area contributed by atoms with Crippen molar-refractivity contribution in [1.82, 2.24) is 9.78 Å². The maximum Gasteiger partial charge on any atom is 0.387 e. The Bertz CT molecular complexity index is 671. The van der Waals surface area contributed by atoms with E-state index in [4.69, 9.17) is 0 Å². The zero-order valence-corrected chi connectivity index (χ0v) is 11.2. The number of halogens is 3. The van der Waals surface area contributed by atoms with Gasteiger partial charge in [-0.1, -0.05) is 0 Å². The first-order valence-electron chi connectivity index (χ1n) is 5.93. The van der Waals surface area contributed by atoms with Crippen molar-refractivity contribution >= 4 is 11.6 Å². The predicted octanol–water partition coefficient (Wildman–Crippen LogP) is 2.72. The van der Waals surface area contributed by atoms with E-state index >= 15 is 0 Å². The molecule has 1 aromatic heterocycles. The largest absolute Gasteiger partial charge is 0.432 e. The van der Waals surface area contributed by atoms with Crippen LogP contribution in [-0.4, -0.2) is 22.3 Å². The summed E-state index contributed by atoms with van der Waals surface area (Å²) in [4.78, 5) is 12.1. The van der Waals surface area contributed by atoms with Crippen molar-refractivity contribution in [3.8, 4) is 5.75 Å². The summed E-state index contributed by atoms with van der Waals surface area (Å²) in [6, 6.07) is 2.96. The number of rotatable bonds is 4. The molecule has 0 saturated carbocycles. The zero-order valence-electron chi connectivity index (χ0n) is 11.2. The van der Waals surface area contributed by atoms with Gasteiger partial charge in [0, 0.05) is 18.8 Å². The summed E-state index contributed by atoms with van der Waals surface area (Å²) in [5.74, 6) is -1.74. The second kappa shape index (κ2) is 5.86. The fourth-order valence-electron chi connectivity index (χ4n) is 1.70. The van der Waals surface area contributed by atoms with E-state index in [1.165, 1.54) is 10.9 Å². The number of benzene rings is 1. The summed E-state index contributed by atoms with van der Waals surface area (Å²) in [5, 5.41) is 6.30. The first-order chi connectivity index (χ1) is 9.88. The second-order valence-electron chi connectivity index (χ2n) is 4.24. The molecule has 21 heavy (non-hydrogen) atoms. The minimum absolute atomic E-state index is 0.0510. The number of nitrogens with one attached hydrogen (secondary N) is 1. The van der Waals surface area contributed by atoms with Crippen molar-refractivity contribution < 1.29 is 22.7 Å². The van der Waals surface area contributed by atoms with Gasteiger partial charge in [0.1, 0.15) is 5.82 Å². The highest BCUT2D eigenvalue weighted by Gasteiger charge is 2.17. The van der Waals surface area contributed by atoms with E-state index in [2.05, 4.69) is 15.2 Å². The number of hydrogen-bond acceptors (Lipinski definition) is 3. The fourth-order valence-corrected chi connectivity index (χ4v) is 1.70. The van der Waals surface area contributed by atoms with Gasteiger partial charge >= 0.3 is 6.61 Å². The monoisotopic (exact) mass is 299 g/mol. The average Bonchev–Trinajstić information content (AvgIpc) is 2.72. The molecule has 1 aromatic carbocycles. The van der Waals surface area contributed by atoms with Crippen molar-refractivity contribution in [1.29, 1.82) is 0 Å². The van der Waals surface area contributed by atoms with Gasteiger partial charge in [-0.25, -0.2) is 4.39 Å². The molecule has 2 aromatic rings. The number of anilines is 1. The van der Waals surface area contributed by atoms with Crippen molar-refractivity contribution in [2.45, 2.75) is 13.5 Å². The molecule has 0 aliphatic heterocycles. The average molecular weight is 299 g/mol. The number of aryl methyl sites for hydroxylation is 1. The topological polar surface area (TPSA) is 56.1 Å². The lowest BCUT2D eigenvalue weighted by Crippen LogP contribution is -2.15. The number of alkyl halides is 2. The van der Waals surface area contributed by atoms with Crippen LogP contribution in [0.15, 0.2) is 24.4 Å². The molecule has 0 radical (unpaired) electrons. The smallest absolute Gasteiger partial charge is 0.387 e. The normalized spacial score (nSPS) is 10.8. The van der Waals surface area contributed by atoms with Crippen LogP contribution in [0.5, 0.6) is 5.75 Å². The van der Waals surface area contributed by atoms with E-state index < -0.39 is 24.1 Å². The van der Waals surface area contributed by atoms with E-state index in [1.807, 2.05) is 0 Å². The number of aromatic nitrogens is 2. The quantitative estimate of drug-likeness (QED) is 0.944. The lowest BCUT2D eigenvalue weighted by Gasteiger charge is -2.11. The Morgan fingerprint density at radius 1 is 1.43 bits per heavy atom. The first-order valence-corrected chi connectivity index (χ1v) is 5.93. The van der Waals surface area contributed by atoms with Gasteiger partial charge in [-0.3, -0.25) is 9.48 Å². The summed E-state index contributed by atoms with van der Waals surface area (Å²) >= 11 is 0. The highest BCUT2D eigenvalue weighted by atomic mass is 19.3. The summed E-state index contributed by atoms with van der Waals surface area (Å²) in [5.41, 5.74) is 0.834. The van der Waals surface area contributed by atoms with Crippen LogP contribution >= 0.6 is 0 Å². The van der Waals surface area contributed by atoms with E-state index in [-0.39, 0.29) is 11.3 Å². The Morgan fingerprint density at radius 2 is 2.14 bits per heavy atom. The molecular weight excluding hydrogens is 287 g/mol. The molecule has 0 spiro atoms. The molecule has 0 fully saturated rings. The van der Waals surface area contributed by atoms with Crippen molar-refractivity contribution in [2.24, 2.45) is 7.05 Å². The Hall–Kier alpha value is -2.51. The number of amides is 1. The maximum atomic E-state index is 13.1. The SMILES string of the molecule is Cc1c(C(=O)Nc2ccc(F)cc2OC(F)F)cnn1C. The van der Waals surface area contributed by atoms with Crippen LogP contribution in [0, 0.1) is 12.7 Å². The van der Waals surface area contributed by atoms with Crippen LogP contribution in [0.1, 0.15) is 16.1 Å². The van der Waals surface area contributed by atoms with Gasteiger partial charge in [-0.15, -0.1) is 0 Å². The first kappa shape index (κ1) is 14.9. The standard InChI is InChI=1S/C13H12F3N3O2/c1-7-9(6-17-19(7)2)12(20)18-10-4-3-8(14)5-11(10)21-13(15)16/h3-6,13H,1-2H3,(H,18,20). The van der Waals surface area contributed by atoms with E-state index in [1.54, 1.807) is 14.0 Å². The van der Waals surface area contributed by atoms with E-state index in [0.717, 1.165) is 18.2 Å². The maximum absolute atomic E-state index is 13.1. The number of carbonyl (C=O) groups excluding carboxylic acids is 1. The molecule has 0 aliphatic rings. The zero-order chi connectivity index (χ0) is 15.6. The Morgan fingerprint density at radius 3 is 2.71 bits per heavy atom. The highest BCUT2D eigenvalue weighted by molar-refractivity contribution is 6.05. The Kier molecular flexibility index (Phi) is 4.15. The fraction of sp³-hybridized carbons (Fsp3) is 0.231. The Labute approximate surface area is 118 Å². The van der Waals surface area contributed by atoms with Crippen molar-refractivity contribution in [3.63, 3.8) is 0 Å². The molecule has 0 aliphatic carbocycles. The van der Waals surface area contributed by atoms with Gasteiger partial charge < -0.3 is 10.1 Å². The molecule has 8 heteroatoms.